The van der Waals surface area contributed by atoms with Crippen LogP contribution in [0.3, 0.4) is 0 Å². The van der Waals surface area contributed by atoms with Crippen LogP contribution in [0.25, 0.3) is 0 Å². The molecule has 0 heterocycles. The number of amides is 1. The third-order valence-electron chi connectivity index (χ3n) is 1.67. The molecule has 6 heteroatoms. The molecule has 1 amide bonds. The molecule has 0 aromatic heterocycles. The Morgan fingerprint density at radius 2 is 2.13 bits per heavy atom. The van der Waals surface area contributed by atoms with Gasteiger partial charge in [0.25, 0.3) is 5.91 Å². The molecule has 15 heavy (non-hydrogen) atoms. The van der Waals surface area contributed by atoms with Gasteiger partial charge < -0.3 is 5.73 Å². The Morgan fingerprint density at radius 3 is 2.60 bits per heavy atom. The van der Waals surface area contributed by atoms with Gasteiger partial charge in [0.2, 0.25) is 0 Å². The molecule has 0 aliphatic carbocycles. The lowest BCUT2D eigenvalue weighted by atomic mass is 10.1. The van der Waals surface area contributed by atoms with Crippen LogP contribution < -0.4 is 11.1 Å². The van der Waals surface area contributed by atoms with Crippen molar-refractivity contribution in [2.75, 3.05) is 0 Å². The van der Waals surface area contributed by atoms with Crippen LogP contribution in [-0.4, -0.2) is 11.9 Å². The van der Waals surface area contributed by atoms with Gasteiger partial charge in [-0.15, -0.1) is 12.4 Å². The van der Waals surface area contributed by atoms with Crippen LogP contribution in [-0.2, 0) is 0 Å². The number of hydrogen-bond donors (Lipinski definition) is 3. The molecule has 0 aliphatic heterocycles. The number of halogens is 2. The molecule has 4 nitrogen and oxygen atoms in total. The van der Waals surface area contributed by atoms with Crippen molar-refractivity contribution in [3.05, 3.63) is 34.3 Å². The van der Waals surface area contributed by atoms with Crippen LogP contribution in [0.15, 0.2) is 18.2 Å². The van der Waals surface area contributed by atoms with Gasteiger partial charge >= 0.3 is 0 Å². The average Bonchev–Trinajstić information content (AvgIpc) is 2.08. The lowest BCUT2D eigenvalue weighted by Gasteiger charge is -2.04. The zero-order valence-electron chi connectivity index (χ0n) is 8.00. The molecule has 1 aromatic rings. The molecule has 0 aliphatic rings. The van der Waals surface area contributed by atoms with Crippen LogP contribution in [0.2, 0.25) is 5.02 Å². The van der Waals surface area contributed by atoms with Crippen LogP contribution in [0.4, 0.5) is 0 Å². The molecule has 0 bridgehead atoms. The van der Waals surface area contributed by atoms with Gasteiger partial charge in [-0.2, -0.15) is 0 Å². The van der Waals surface area contributed by atoms with Crippen LogP contribution in [0.1, 0.15) is 15.9 Å². The zero-order valence-corrected chi connectivity index (χ0v) is 9.58. The third kappa shape index (κ3) is 3.77. The van der Waals surface area contributed by atoms with E-state index in [1.807, 2.05) is 0 Å². The lowest BCUT2D eigenvalue weighted by molar-refractivity contribution is 0.0976. The number of hydrogen-bond acceptors (Lipinski definition) is 2. The largest absolute Gasteiger partial charge is 0.370 e. The number of carbonyl (C=O) groups excluding carboxylic acids is 1. The van der Waals surface area contributed by atoms with E-state index in [1.54, 1.807) is 25.1 Å². The first-order valence-electron chi connectivity index (χ1n) is 3.92. The molecule has 0 radical (unpaired) electrons. The van der Waals surface area contributed by atoms with Crippen molar-refractivity contribution in [2.24, 2.45) is 5.73 Å². The number of aryl methyl sites for hydroxylation is 1. The Bertz CT molecular complexity index is 393. The summed E-state index contributed by atoms with van der Waals surface area (Å²) in [6, 6.07) is 4.85. The van der Waals surface area contributed by atoms with Gasteiger partial charge in [0.05, 0.1) is 0 Å². The normalized spacial score (nSPS) is 8.93. The van der Waals surface area contributed by atoms with Crippen molar-refractivity contribution < 1.29 is 4.79 Å². The summed E-state index contributed by atoms with van der Waals surface area (Å²) in [5, 5.41) is 9.68. The second kappa shape index (κ2) is 5.58. The molecule has 0 saturated carbocycles. The Balaban J connectivity index is 0.00000196. The van der Waals surface area contributed by atoms with E-state index in [1.165, 1.54) is 0 Å². The maximum absolute atomic E-state index is 11.3. The van der Waals surface area contributed by atoms with Crippen molar-refractivity contribution in [3.63, 3.8) is 0 Å². The van der Waals surface area contributed by atoms with Gasteiger partial charge in [0, 0.05) is 10.6 Å². The fraction of sp³-hybridized carbons (Fsp3) is 0.111. The first-order valence-corrected chi connectivity index (χ1v) is 4.30. The van der Waals surface area contributed by atoms with Crippen molar-refractivity contribution in [1.29, 1.82) is 5.41 Å². The molecular formula is C9H11Cl2N3O. The SMILES string of the molecule is Cc1cc(C(=O)NC(=N)N)ccc1Cl.Cl. The third-order valence-corrected chi connectivity index (χ3v) is 2.09. The Kier molecular flexibility index (Phi) is 5.11. The van der Waals surface area contributed by atoms with Crippen LogP contribution >= 0.6 is 24.0 Å². The molecule has 82 valence electrons. The summed E-state index contributed by atoms with van der Waals surface area (Å²) in [4.78, 5) is 11.3. The van der Waals surface area contributed by atoms with Crippen molar-refractivity contribution >= 4 is 35.9 Å². The summed E-state index contributed by atoms with van der Waals surface area (Å²) >= 11 is 5.79. The fourth-order valence-corrected chi connectivity index (χ4v) is 1.10. The Morgan fingerprint density at radius 1 is 1.53 bits per heavy atom. The number of nitrogens with two attached hydrogens (primary N) is 1. The van der Waals surface area contributed by atoms with Crippen molar-refractivity contribution in [2.45, 2.75) is 6.92 Å². The van der Waals surface area contributed by atoms with Gasteiger partial charge in [0.1, 0.15) is 0 Å². The number of benzene rings is 1. The molecule has 0 atom stereocenters. The van der Waals surface area contributed by atoms with E-state index in [9.17, 15) is 4.79 Å². The topological polar surface area (TPSA) is 79.0 Å². The quantitative estimate of drug-likeness (QED) is 0.522. The Labute approximate surface area is 98.7 Å². The highest BCUT2D eigenvalue weighted by Gasteiger charge is 2.07. The van der Waals surface area contributed by atoms with Gasteiger partial charge in [0.15, 0.2) is 5.96 Å². The molecule has 0 fully saturated rings. The van der Waals surface area contributed by atoms with Crippen molar-refractivity contribution in [3.8, 4) is 0 Å². The molecule has 0 saturated heterocycles. The van der Waals surface area contributed by atoms with Gasteiger partial charge in [-0.05, 0) is 30.7 Å². The van der Waals surface area contributed by atoms with E-state index in [0.717, 1.165) is 5.56 Å². The molecule has 4 N–H and O–H groups in total. The summed E-state index contributed by atoms with van der Waals surface area (Å²) < 4.78 is 0. The van der Waals surface area contributed by atoms with Gasteiger partial charge in [-0.25, -0.2) is 0 Å². The van der Waals surface area contributed by atoms with Crippen LogP contribution in [0.5, 0.6) is 0 Å². The highest BCUT2D eigenvalue weighted by atomic mass is 35.5. The summed E-state index contributed by atoms with van der Waals surface area (Å²) in [7, 11) is 0. The smallest absolute Gasteiger partial charge is 0.257 e. The number of carbonyl (C=O) groups is 1. The first kappa shape index (κ1) is 13.7. The van der Waals surface area contributed by atoms with E-state index < -0.39 is 5.91 Å². The second-order valence-electron chi connectivity index (χ2n) is 2.83. The zero-order chi connectivity index (χ0) is 10.7. The summed E-state index contributed by atoms with van der Waals surface area (Å²) in [5.74, 6) is -0.778. The van der Waals surface area contributed by atoms with E-state index >= 15 is 0 Å². The van der Waals surface area contributed by atoms with Crippen molar-refractivity contribution in [1.82, 2.24) is 5.32 Å². The van der Waals surface area contributed by atoms with Gasteiger partial charge in [-0.3, -0.25) is 15.5 Å². The fourth-order valence-electron chi connectivity index (χ4n) is 0.980. The monoisotopic (exact) mass is 247 g/mol. The molecule has 0 unspecified atom stereocenters. The minimum Gasteiger partial charge on any atom is -0.370 e. The number of nitrogens with one attached hydrogen (secondary N) is 2. The lowest BCUT2D eigenvalue weighted by Crippen LogP contribution is -2.35. The van der Waals surface area contributed by atoms with E-state index in [-0.39, 0.29) is 18.4 Å². The predicted octanol–water partition coefficient (Wildman–Crippen LogP) is 1.69. The highest BCUT2D eigenvalue weighted by Crippen LogP contribution is 2.15. The van der Waals surface area contributed by atoms with E-state index in [4.69, 9.17) is 22.7 Å². The second-order valence-corrected chi connectivity index (χ2v) is 3.24. The Hall–Kier alpha value is -1.26. The minimum atomic E-state index is -0.405. The molecular weight excluding hydrogens is 237 g/mol. The maximum atomic E-state index is 11.3. The van der Waals surface area contributed by atoms with E-state index in [2.05, 4.69) is 5.32 Å². The first-order chi connectivity index (χ1) is 6.50. The average molecular weight is 248 g/mol. The number of rotatable bonds is 1. The maximum Gasteiger partial charge on any atom is 0.257 e. The number of guanidine groups is 1. The summed E-state index contributed by atoms with van der Waals surface area (Å²) in [5.41, 5.74) is 6.26. The standard InChI is InChI=1S/C9H10ClN3O.ClH/c1-5-4-6(2-3-7(5)10)8(14)13-9(11)12;/h2-4H,1H3,(H4,11,12,13,14);1H. The molecule has 1 aromatic carbocycles. The summed E-state index contributed by atoms with van der Waals surface area (Å²) in [6.07, 6.45) is 0. The summed E-state index contributed by atoms with van der Waals surface area (Å²) in [6.45, 7) is 1.80. The molecule has 0 spiro atoms. The van der Waals surface area contributed by atoms with Gasteiger partial charge in [-0.1, -0.05) is 11.6 Å². The minimum absolute atomic E-state index is 0. The molecule has 1 rings (SSSR count). The highest BCUT2D eigenvalue weighted by molar-refractivity contribution is 6.31. The predicted molar refractivity (Wildman–Crippen MR) is 62.8 cm³/mol. The van der Waals surface area contributed by atoms with Crippen LogP contribution in [0, 0.1) is 12.3 Å². The van der Waals surface area contributed by atoms with E-state index in [0.29, 0.717) is 10.6 Å².